The molecule has 0 aliphatic heterocycles. The third kappa shape index (κ3) is 3.74. The van der Waals surface area contributed by atoms with Crippen LogP contribution in [0.25, 0.3) is 0 Å². The largest absolute Gasteiger partial charge is 0.463 e. The number of methoxy groups -OCH3 is 1. The molecular formula is C16H22N2O3S. The van der Waals surface area contributed by atoms with Gasteiger partial charge in [0.2, 0.25) is 5.76 Å². The molecule has 0 aromatic carbocycles. The third-order valence-electron chi connectivity index (χ3n) is 3.55. The summed E-state index contributed by atoms with van der Waals surface area (Å²) in [5.41, 5.74) is 2.28. The van der Waals surface area contributed by atoms with Crippen LogP contribution in [0, 0.1) is 13.8 Å². The van der Waals surface area contributed by atoms with Crippen molar-refractivity contribution in [1.29, 1.82) is 0 Å². The Hall–Kier alpha value is -1.69. The maximum atomic E-state index is 11.4. The molecule has 0 spiro atoms. The van der Waals surface area contributed by atoms with Gasteiger partial charge in [-0.3, -0.25) is 0 Å². The minimum Gasteiger partial charge on any atom is -0.463 e. The summed E-state index contributed by atoms with van der Waals surface area (Å²) in [4.78, 5) is 16.0. The Morgan fingerprint density at radius 2 is 2.18 bits per heavy atom. The van der Waals surface area contributed by atoms with E-state index in [2.05, 4.69) is 28.1 Å². The van der Waals surface area contributed by atoms with Gasteiger partial charge in [0.15, 0.2) is 5.16 Å². The zero-order valence-corrected chi connectivity index (χ0v) is 14.3. The summed E-state index contributed by atoms with van der Waals surface area (Å²) >= 11 is 1.62. The first kappa shape index (κ1) is 16.7. The number of rotatable bonds is 7. The van der Waals surface area contributed by atoms with Crippen LogP contribution < -0.4 is 0 Å². The molecule has 2 rings (SSSR count). The molecule has 0 saturated carbocycles. The summed E-state index contributed by atoms with van der Waals surface area (Å²) in [6.45, 7) is 7.30. The summed E-state index contributed by atoms with van der Waals surface area (Å²) in [6.07, 6.45) is 2.29. The zero-order chi connectivity index (χ0) is 16.1. The van der Waals surface area contributed by atoms with Crippen LogP contribution in [0.2, 0.25) is 0 Å². The molecule has 120 valence electrons. The first-order valence-electron chi connectivity index (χ1n) is 7.40. The zero-order valence-electron chi connectivity index (χ0n) is 13.5. The molecule has 6 heteroatoms. The second-order valence-corrected chi connectivity index (χ2v) is 6.06. The molecule has 0 aliphatic carbocycles. The molecule has 0 radical (unpaired) electrons. The lowest BCUT2D eigenvalue weighted by atomic mass is 10.3. The Morgan fingerprint density at radius 1 is 1.41 bits per heavy atom. The first-order valence-corrected chi connectivity index (χ1v) is 8.39. The summed E-state index contributed by atoms with van der Waals surface area (Å²) in [6, 6.07) is 3.44. The second-order valence-electron chi connectivity index (χ2n) is 5.12. The number of furan rings is 1. The lowest BCUT2D eigenvalue weighted by Crippen LogP contribution is -2.02. The first-order chi connectivity index (χ1) is 10.6. The molecule has 2 aromatic heterocycles. The van der Waals surface area contributed by atoms with Crippen molar-refractivity contribution in [3.05, 3.63) is 35.0 Å². The molecule has 0 aliphatic rings. The molecule has 5 nitrogen and oxygen atoms in total. The predicted octanol–water partition coefficient (Wildman–Crippen LogP) is 3.97. The Bertz CT molecular complexity index is 646. The van der Waals surface area contributed by atoms with Crippen molar-refractivity contribution in [2.75, 3.05) is 7.11 Å². The maximum absolute atomic E-state index is 11.4. The van der Waals surface area contributed by atoms with Gasteiger partial charge in [-0.25, -0.2) is 9.78 Å². The Morgan fingerprint density at radius 3 is 2.86 bits per heavy atom. The molecule has 2 heterocycles. The van der Waals surface area contributed by atoms with E-state index in [0.717, 1.165) is 36.0 Å². The van der Waals surface area contributed by atoms with Gasteiger partial charge in [-0.05, 0) is 32.4 Å². The average Bonchev–Trinajstić information content (AvgIpc) is 3.09. The lowest BCUT2D eigenvalue weighted by Gasteiger charge is -2.08. The molecule has 0 unspecified atom stereocenters. The van der Waals surface area contributed by atoms with Crippen LogP contribution in [0.15, 0.2) is 21.7 Å². The minimum atomic E-state index is -0.451. The minimum absolute atomic E-state index is 0.236. The van der Waals surface area contributed by atoms with Gasteiger partial charge in [0.05, 0.1) is 18.6 Å². The van der Waals surface area contributed by atoms with Gasteiger partial charge in [-0.1, -0.05) is 25.1 Å². The van der Waals surface area contributed by atoms with E-state index >= 15 is 0 Å². The SMILES string of the molecule is CCCCn1c(SCc2ccc(C(=O)OC)o2)nc(C)c1C. The van der Waals surface area contributed by atoms with Gasteiger partial charge in [0.1, 0.15) is 5.76 Å². The van der Waals surface area contributed by atoms with Crippen molar-refractivity contribution in [2.45, 2.75) is 51.1 Å². The summed E-state index contributed by atoms with van der Waals surface area (Å²) < 4.78 is 12.4. The van der Waals surface area contributed by atoms with E-state index in [1.54, 1.807) is 23.9 Å². The van der Waals surface area contributed by atoms with Crippen LogP contribution in [0.5, 0.6) is 0 Å². The fraction of sp³-hybridized carbons (Fsp3) is 0.500. The summed E-state index contributed by atoms with van der Waals surface area (Å²) in [7, 11) is 1.34. The number of aromatic nitrogens is 2. The number of carbonyl (C=O) groups excluding carboxylic acids is 1. The number of unbranched alkanes of at least 4 members (excludes halogenated alkanes) is 1. The van der Waals surface area contributed by atoms with E-state index in [-0.39, 0.29) is 5.76 Å². The third-order valence-corrected chi connectivity index (χ3v) is 4.55. The number of hydrogen-bond acceptors (Lipinski definition) is 5. The molecule has 0 bridgehead atoms. The van der Waals surface area contributed by atoms with E-state index in [4.69, 9.17) is 4.42 Å². The van der Waals surface area contributed by atoms with Crippen LogP contribution >= 0.6 is 11.8 Å². The highest BCUT2D eigenvalue weighted by Crippen LogP contribution is 2.26. The normalized spacial score (nSPS) is 10.9. The Balaban J connectivity index is 2.06. The highest BCUT2D eigenvalue weighted by atomic mass is 32.2. The fourth-order valence-electron chi connectivity index (χ4n) is 2.11. The molecule has 0 atom stereocenters. The number of ether oxygens (including phenoxy) is 1. The van der Waals surface area contributed by atoms with Crippen LogP contribution in [-0.2, 0) is 17.0 Å². The average molecular weight is 322 g/mol. The number of esters is 1. The van der Waals surface area contributed by atoms with E-state index in [0.29, 0.717) is 5.75 Å². The number of hydrogen-bond donors (Lipinski definition) is 0. The smallest absolute Gasteiger partial charge is 0.373 e. The molecule has 0 amide bonds. The standard InChI is InChI=1S/C16H22N2O3S/c1-5-6-9-18-12(3)11(2)17-16(18)22-10-13-7-8-14(21-13)15(19)20-4/h7-8H,5-6,9-10H2,1-4H3. The molecule has 0 N–H and O–H groups in total. The molecular weight excluding hydrogens is 300 g/mol. The molecule has 0 fully saturated rings. The van der Waals surface area contributed by atoms with Gasteiger partial charge in [-0.15, -0.1) is 0 Å². The van der Waals surface area contributed by atoms with Crippen molar-refractivity contribution < 1.29 is 13.9 Å². The number of aryl methyl sites for hydroxylation is 1. The van der Waals surface area contributed by atoms with Gasteiger partial charge in [-0.2, -0.15) is 0 Å². The fourth-order valence-corrected chi connectivity index (χ4v) is 3.13. The van der Waals surface area contributed by atoms with Crippen molar-refractivity contribution in [3.8, 4) is 0 Å². The number of carbonyl (C=O) groups is 1. The highest BCUT2D eigenvalue weighted by molar-refractivity contribution is 7.98. The maximum Gasteiger partial charge on any atom is 0.373 e. The van der Waals surface area contributed by atoms with Gasteiger partial charge in [0, 0.05) is 12.2 Å². The summed E-state index contributed by atoms with van der Waals surface area (Å²) in [5.74, 6) is 1.16. The Labute approximate surface area is 135 Å². The van der Waals surface area contributed by atoms with Gasteiger partial charge in [0.25, 0.3) is 0 Å². The Kier molecular flexibility index (Phi) is 5.71. The van der Waals surface area contributed by atoms with E-state index in [9.17, 15) is 4.79 Å². The van der Waals surface area contributed by atoms with Crippen molar-refractivity contribution in [1.82, 2.24) is 9.55 Å². The molecule has 22 heavy (non-hydrogen) atoms. The quantitative estimate of drug-likeness (QED) is 0.570. The van der Waals surface area contributed by atoms with Crippen molar-refractivity contribution >= 4 is 17.7 Å². The van der Waals surface area contributed by atoms with Crippen LogP contribution in [0.1, 0.15) is 47.5 Å². The number of thioether (sulfide) groups is 1. The van der Waals surface area contributed by atoms with Crippen molar-refractivity contribution in [3.63, 3.8) is 0 Å². The van der Waals surface area contributed by atoms with Crippen LogP contribution in [0.4, 0.5) is 0 Å². The summed E-state index contributed by atoms with van der Waals surface area (Å²) in [5, 5.41) is 1.000. The van der Waals surface area contributed by atoms with Crippen molar-refractivity contribution in [2.24, 2.45) is 0 Å². The van der Waals surface area contributed by atoms with Crippen LogP contribution in [-0.4, -0.2) is 22.6 Å². The van der Waals surface area contributed by atoms with Gasteiger partial charge >= 0.3 is 5.97 Å². The predicted molar refractivity (Wildman–Crippen MR) is 86.2 cm³/mol. The van der Waals surface area contributed by atoms with Crippen LogP contribution in [0.3, 0.4) is 0 Å². The molecule has 0 saturated heterocycles. The molecule has 2 aromatic rings. The highest BCUT2D eigenvalue weighted by Gasteiger charge is 2.14. The lowest BCUT2D eigenvalue weighted by molar-refractivity contribution is 0.0563. The second kappa shape index (κ2) is 7.54. The van der Waals surface area contributed by atoms with E-state index in [1.807, 2.05) is 6.92 Å². The van der Waals surface area contributed by atoms with E-state index in [1.165, 1.54) is 12.8 Å². The number of imidazole rings is 1. The number of nitrogens with zero attached hydrogens (tertiary/aromatic N) is 2. The monoisotopic (exact) mass is 322 g/mol. The topological polar surface area (TPSA) is 57.3 Å². The van der Waals surface area contributed by atoms with Gasteiger partial charge < -0.3 is 13.7 Å². The van der Waals surface area contributed by atoms with E-state index < -0.39 is 5.97 Å².